The van der Waals surface area contributed by atoms with Crippen molar-refractivity contribution in [3.05, 3.63) is 59.2 Å². The van der Waals surface area contributed by atoms with Crippen LogP contribution in [0, 0.1) is 0 Å². The third-order valence-corrected chi connectivity index (χ3v) is 8.04. The van der Waals surface area contributed by atoms with Gasteiger partial charge >= 0.3 is 0 Å². The summed E-state index contributed by atoms with van der Waals surface area (Å²) in [5.74, 6) is -0.127. The number of nitrogens with zero attached hydrogens (tertiary/aromatic N) is 2. The van der Waals surface area contributed by atoms with Crippen LogP contribution in [0.4, 0.5) is 5.69 Å². The highest BCUT2D eigenvalue weighted by atomic mass is 32.2. The average Bonchev–Trinajstić information content (AvgIpc) is 2.78. The molecule has 0 atom stereocenters. The Kier molecular flexibility index (Phi) is 5.85. The van der Waals surface area contributed by atoms with Crippen molar-refractivity contribution >= 4 is 27.5 Å². The van der Waals surface area contributed by atoms with Gasteiger partial charge in [0.2, 0.25) is 15.9 Å². The maximum atomic E-state index is 13.1. The summed E-state index contributed by atoms with van der Waals surface area (Å²) in [6.45, 7) is 7.46. The molecule has 1 saturated heterocycles. The van der Waals surface area contributed by atoms with Crippen LogP contribution < -0.4 is 5.32 Å². The van der Waals surface area contributed by atoms with E-state index in [9.17, 15) is 18.0 Å². The molecule has 2 aromatic carbocycles. The SMILES string of the molecule is CC(C)(C)c1ccc(S(=O)(=O)N2CCN(C(=O)c3ccc4c(c3)CCC(=O)N4)CC2)cc1. The van der Waals surface area contributed by atoms with Crippen LogP contribution in [0.3, 0.4) is 0 Å². The zero-order valence-electron chi connectivity index (χ0n) is 18.7. The first-order chi connectivity index (χ1) is 15.1. The number of carbonyl (C=O) groups is 2. The van der Waals surface area contributed by atoms with Crippen LogP contribution in [0.5, 0.6) is 0 Å². The maximum absolute atomic E-state index is 13.1. The van der Waals surface area contributed by atoms with Crippen molar-refractivity contribution in [1.82, 2.24) is 9.21 Å². The summed E-state index contributed by atoms with van der Waals surface area (Å²) in [4.78, 5) is 26.5. The molecule has 4 rings (SSSR count). The molecule has 2 aliphatic heterocycles. The number of sulfonamides is 1. The lowest BCUT2D eigenvalue weighted by molar-refractivity contribution is -0.116. The van der Waals surface area contributed by atoms with Crippen LogP contribution in [-0.4, -0.2) is 55.6 Å². The van der Waals surface area contributed by atoms with E-state index in [2.05, 4.69) is 26.1 Å². The van der Waals surface area contributed by atoms with Crippen LogP contribution in [0.1, 0.15) is 48.7 Å². The lowest BCUT2D eigenvalue weighted by Crippen LogP contribution is -2.50. The van der Waals surface area contributed by atoms with Gasteiger partial charge in [0.05, 0.1) is 4.90 Å². The minimum atomic E-state index is -3.60. The molecule has 170 valence electrons. The number of amides is 2. The van der Waals surface area contributed by atoms with Crippen LogP contribution in [-0.2, 0) is 26.7 Å². The molecule has 1 N–H and O–H groups in total. The number of benzene rings is 2. The Bertz CT molecular complexity index is 1140. The van der Waals surface area contributed by atoms with Gasteiger partial charge in [0, 0.05) is 43.9 Å². The van der Waals surface area contributed by atoms with Gasteiger partial charge in [-0.2, -0.15) is 4.31 Å². The lowest BCUT2D eigenvalue weighted by atomic mass is 9.87. The molecule has 2 heterocycles. The predicted octanol–water partition coefficient (Wildman–Crippen LogP) is 3.02. The van der Waals surface area contributed by atoms with Gasteiger partial charge in [0.15, 0.2) is 0 Å². The fraction of sp³-hybridized carbons (Fsp3) is 0.417. The summed E-state index contributed by atoms with van der Waals surface area (Å²) in [5, 5.41) is 2.82. The Morgan fingerprint density at radius 2 is 1.59 bits per heavy atom. The highest BCUT2D eigenvalue weighted by Gasteiger charge is 2.31. The number of piperazine rings is 1. The molecule has 2 amide bonds. The second-order valence-electron chi connectivity index (χ2n) is 9.39. The van der Waals surface area contributed by atoms with Gasteiger partial charge in [-0.1, -0.05) is 32.9 Å². The zero-order valence-corrected chi connectivity index (χ0v) is 19.5. The van der Waals surface area contributed by atoms with E-state index >= 15 is 0 Å². The van der Waals surface area contributed by atoms with E-state index in [1.165, 1.54) is 4.31 Å². The van der Waals surface area contributed by atoms with Crippen LogP contribution in [0.25, 0.3) is 0 Å². The normalized spacial score (nSPS) is 17.6. The van der Waals surface area contributed by atoms with Crippen LogP contribution in [0.15, 0.2) is 47.4 Å². The number of nitrogens with one attached hydrogen (secondary N) is 1. The zero-order chi connectivity index (χ0) is 23.1. The molecule has 0 saturated carbocycles. The number of fused-ring (bicyclic) bond motifs is 1. The average molecular weight is 456 g/mol. The number of anilines is 1. The van der Waals surface area contributed by atoms with Gasteiger partial charge in [-0.25, -0.2) is 8.42 Å². The Labute approximate surface area is 189 Å². The number of carbonyl (C=O) groups excluding carboxylic acids is 2. The van der Waals surface area contributed by atoms with Gasteiger partial charge in [0.25, 0.3) is 5.91 Å². The third-order valence-electron chi connectivity index (χ3n) is 6.13. The van der Waals surface area contributed by atoms with E-state index in [0.717, 1.165) is 16.8 Å². The molecule has 2 aromatic rings. The maximum Gasteiger partial charge on any atom is 0.253 e. The van der Waals surface area contributed by atoms with E-state index in [-0.39, 0.29) is 35.2 Å². The first-order valence-corrected chi connectivity index (χ1v) is 12.3. The van der Waals surface area contributed by atoms with Crippen LogP contribution >= 0.6 is 0 Å². The van der Waals surface area contributed by atoms with Gasteiger partial charge in [0.1, 0.15) is 0 Å². The monoisotopic (exact) mass is 455 g/mol. The quantitative estimate of drug-likeness (QED) is 0.771. The second kappa shape index (κ2) is 8.33. The Hall–Kier alpha value is -2.71. The van der Waals surface area contributed by atoms with E-state index in [1.54, 1.807) is 29.2 Å². The minimum absolute atomic E-state index is 0.0121. The molecule has 0 spiro atoms. The van der Waals surface area contributed by atoms with Gasteiger partial charge in [-0.05, 0) is 53.3 Å². The molecule has 0 unspecified atom stereocenters. The van der Waals surface area contributed by atoms with Crippen molar-refractivity contribution in [2.75, 3.05) is 31.5 Å². The van der Waals surface area contributed by atoms with E-state index in [0.29, 0.717) is 31.5 Å². The van der Waals surface area contributed by atoms with Crippen LogP contribution in [0.2, 0.25) is 0 Å². The van der Waals surface area contributed by atoms with Crippen molar-refractivity contribution in [1.29, 1.82) is 0 Å². The fourth-order valence-electron chi connectivity index (χ4n) is 4.11. The summed E-state index contributed by atoms with van der Waals surface area (Å²) in [6, 6.07) is 12.4. The molecule has 0 aromatic heterocycles. The highest BCUT2D eigenvalue weighted by Crippen LogP contribution is 2.26. The van der Waals surface area contributed by atoms with E-state index in [1.807, 2.05) is 18.2 Å². The summed E-state index contributed by atoms with van der Waals surface area (Å²) in [6.07, 6.45) is 1.03. The van der Waals surface area contributed by atoms with Gasteiger partial charge in [-0.3, -0.25) is 9.59 Å². The Morgan fingerprint density at radius 1 is 0.938 bits per heavy atom. The van der Waals surface area contributed by atoms with Crippen molar-refractivity contribution in [2.45, 2.75) is 43.9 Å². The van der Waals surface area contributed by atoms with Crippen molar-refractivity contribution in [2.24, 2.45) is 0 Å². The molecule has 1 fully saturated rings. The van der Waals surface area contributed by atoms with Crippen molar-refractivity contribution in [3.8, 4) is 0 Å². The summed E-state index contributed by atoms with van der Waals surface area (Å²) in [5.41, 5.74) is 3.31. The largest absolute Gasteiger partial charge is 0.336 e. The lowest BCUT2D eigenvalue weighted by Gasteiger charge is -2.34. The van der Waals surface area contributed by atoms with E-state index < -0.39 is 10.0 Å². The summed E-state index contributed by atoms with van der Waals surface area (Å²) in [7, 11) is -3.60. The number of hydrogen-bond acceptors (Lipinski definition) is 4. The summed E-state index contributed by atoms with van der Waals surface area (Å²) >= 11 is 0. The molecule has 32 heavy (non-hydrogen) atoms. The smallest absolute Gasteiger partial charge is 0.253 e. The molecular weight excluding hydrogens is 426 g/mol. The first kappa shape index (κ1) is 22.5. The first-order valence-electron chi connectivity index (χ1n) is 10.9. The Balaban J connectivity index is 1.42. The molecule has 7 nitrogen and oxygen atoms in total. The standard InChI is InChI=1S/C24H29N3O4S/c1-24(2,3)19-6-8-20(9-7-19)32(30,31)27-14-12-26(13-15-27)23(29)18-4-10-21-17(16-18)5-11-22(28)25-21/h4,6-10,16H,5,11-15H2,1-3H3,(H,25,28). The molecule has 0 radical (unpaired) electrons. The number of aryl methyl sites for hydroxylation is 1. The van der Waals surface area contributed by atoms with Gasteiger partial charge < -0.3 is 10.2 Å². The topological polar surface area (TPSA) is 86.8 Å². The van der Waals surface area contributed by atoms with E-state index in [4.69, 9.17) is 0 Å². The molecule has 8 heteroatoms. The highest BCUT2D eigenvalue weighted by molar-refractivity contribution is 7.89. The molecule has 0 bridgehead atoms. The predicted molar refractivity (Wildman–Crippen MR) is 123 cm³/mol. The van der Waals surface area contributed by atoms with Crippen molar-refractivity contribution in [3.63, 3.8) is 0 Å². The van der Waals surface area contributed by atoms with Crippen molar-refractivity contribution < 1.29 is 18.0 Å². The fourth-order valence-corrected chi connectivity index (χ4v) is 5.53. The van der Waals surface area contributed by atoms with Gasteiger partial charge in [-0.15, -0.1) is 0 Å². The minimum Gasteiger partial charge on any atom is -0.336 e. The Morgan fingerprint density at radius 3 is 2.22 bits per heavy atom. The number of hydrogen-bond donors (Lipinski definition) is 1. The molecule has 0 aliphatic carbocycles. The summed E-state index contributed by atoms with van der Waals surface area (Å²) < 4.78 is 27.6. The number of rotatable bonds is 3. The second-order valence-corrected chi connectivity index (χ2v) is 11.3. The molecular formula is C24H29N3O4S. The molecule has 2 aliphatic rings. The third kappa shape index (κ3) is 4.42.